The molecule has 3 heteroatoms. The number of nitrogens with one attached hydrogen (secondary N) is 1. The van der Waals surface area contributed by atoms with Gasteiger partial charge in [-0.1, -0.05) is 18.2 Å². The van der Waals surface area contributed by atoms with Gasteiger partial charge in [-0.25, -0.2) is 0 Å². The summed E-state index contributed by atoms with van der Waals surface area (Å²) >= 11 is 0. The smallest absolute Gasteiger partial charge is 0.0234 e. The van der Waals surface area contributed by atoms with Crippen LogP contribution in [0.25, 0.3) is 0 Å². The number of rotatable bonds is 3. The van der Waals surface area contributed by atoms with Crippen molar-refractivity contribution in [2.24, 2.45) is 0 Å². The van der Waals surface area contributed by atoms with Gasteiger partial charge in [0.2, 0.25) is 0 Å². The zero-order valence-corrected chi connectivity index (χ0v) is 13.0. The minimum Gasteiger partial charge on any atom is -0.315 e. The fourth-order valence-electron chi connectivity index (χ4n) is 4.22. The average Bonchev–Trinajstić information content (AvgIpc) is 3.19. The molecule has 4 rings (SSSR count). The number of fused-ring (bicyclic) bond motifs is 1. The van der Waals surface area contributed by atoms with Crippen molar-refractivity contribution in [3.05, 3.63) is 34.9 Å². The highest BCUT2D eigenvalue weighted by atomic mass is 15.3. The Morgan fingerprint density at radius 1 is 1.05 bits per heavy atom. The lowest BCUT2D eigenvalue weighted by atomic mass is 10.1. The van der Waals surface area contributed by atoms with Gasteiger partial charge < -0.3 is 5.32 Å². The average molecular weight is 285 g/mol. The normalized spacial score (nSPS) is 27.1. The second-order valence-corrected chi connectivity index (χ2v) is 6.92. The second-order valence-electron chi connectivity index (χ2n) is 6.92. The van der Waals surface area contributed by atoms with Crippen LogP contribution in [-0.4, -0.2) is 55.1 Å². The number of aryl methyl sites for hydroxylation is 2. The molecule has 0 bridgehead atoms. The van der Waals surface area contributed by atoms with Crippen LogP contribution in [0.4, 0.5) is 0 Å². The van der Waals surface area contributed by atoms with Crippen LogP contribution in [0.2, 0.25) is 0 Å². The van der Waals surface area contributed by atoms with Gasteiger partial charge in [0, 0.05) is 45.3 Å². The molecular formula is C18H27N3. The van der Waals surface area contributed by atoms with E-state index >= 15 is 0 Å². The van der Waals surface area contributed by atoms with Crippen LogP contribution in [0.3, 0.4) is 0 Å². The van der Waals surface area contributed by atoms with Crippen LogP contribution in [-0.2, 0) is 19.4 Å². The van der Waals surface area contributed by atoms with E-state index in [2.05, 4.69) is 33.3 Å². The molecule has 1 aromatic carbocycles. The minimum atomic E-state index is 0.798. The molecule has 1 aromatic rings. The molecule has 0 amide bonds. The van der Waals surface area contributed by atoms with E-state index in [9.17, 15) is 0 Å². The van der Waals surface area contributed by atoms with Gasteiger partial charge in [0.25, 0.3) is 0 Å². The highest BCUT2D eigenvalue weighted by molar-refractivity contribution is 5.35. The molecule has 3 nitrogen and oxygen atoms in total. The van der Waals surface area contributed by atoms with Crippen LogP contribution in [0, 0.1) is 0 Å². The third kappa shape index (κ3) is 3.01. The Bertz CT molecular complexity index is 485. The van der Waals surface area contributed by atoms with Crippen molar-refractivity contribution in [3.8, 4) is 0 Å². The Hall–Kier alpha value is -0.900. The third-order valence-electron chi connectivity index (χ3n) is 5.53. The largest absolute Gasteiger partial charge is 0.315 e. The monoisotopic (exact) mass is 285 g/mol. The van der Waals surface area contributed by atoms with Crippen molar-refractivity contribution < 1.29 is 0 Å². The molecule has 1 aliphatic carbocycles. The molecular weight excluding hydrogens is 258 g/mol. The fourth-order valence-corrected chi connectivity index (χ4v) is 4.22. The molecule has 0 radical (unpaired) electrons. The molecule has 2 aliphatic heterocycles. The molecule has 1 atom stereocenters. The van der Waals surface area contributed by atoms with E-state index in [0.29, 0.717) is 0 Å². The Kier molecular flexibility index (Phi) is 3.97. The number of hydrogen-bond acceptors (Lipinski definition) is 3. The van der Waals surface area contributed by atoms with E-state index in [1.54, 1.807) is 11.1 Å². The van der Waals surface area contributed by atoms with Gasteiger partial charge in [0.1, 0.15) is 0 Å². The summed E-state index contributed by atoms with van der Waals surface area (Å²) in [5.41, 5.74) is 4.73. The maximum Gasteiger partial charge on any atom is 0.0234 e. The Morgan fingerprint density at radius 2 is 1.90 bits per heavy atom. The predicted molar refractivity (Wildman–Crippen MR) is 86.6 cm³/mol. The van der Waals surface area contributed by atoms with E-state index in [0.717, 1.165) is 12.6 Å². The van der Waals surface area contributed by atoms with E-state index < -0.39 is 0 Å². The molecule has 21 heavy (non-hydrogen) atoms. The summed E-state index contributed by atoms with van der Waals surface area (Å²) in [5.74, 6) is 0. The number of hydrogen-bond donors (Lipinski definition) is 1. The molecule has 2 heterocycles. The first-order valence-electron chi connectivity index (χ1n) is 8.66. The zero-order chi connectivity index (χ0) is 14.1. The zero-order valence-electron chi connectivity index (χ0n) is 13.0. The molecule has 2 fully saturated rings. The summed E-state index contributed by atoms with van der Waals surface area (Å²) in [4.78, 5) is 5.33. The maximum absolute atomic E-state index is 3.49. The molecule has 0 saturated carbocycles. The van der Waals surface area contributed by atoms with Gasteiger partial charge in [-0.3, -0.25) is 9.80 Å². The molecule has 0 aromatic heterocycles. The fraction of sp³-hybridized carbons (Fsp3) is 0.667. The minimum absolute atomic E-state index is 0.798. The second kappa shape index (κ2) is 6.07. The lowest BCUT2D eigenvalue weighted by Crippen LogP contribution is -2.50. The van der Waals surface area contributed by atoms with Gasteiger partial charge in [-0.2, -0.15) is 0 Å². The summed E-state index contributed by atoms with van der Waals surface area (Å²) in [6, 6.07) is 8.00. The number of nitrogens with zero attached hydrogens (tertiary/aromatic N) is 2. The highest BCUT2D eigenvalue weighted by Crippen LogP contribution is 2.23. The lowest BCUT2D eigenvalue weighted by molar-refractivity contribution is 0.0981. The van der Waals surface area contributed by atoms with E-state index in [-0.39, 0.29) is 0 Å². The number of benzene rings is 1. The molecule has 1 unspecified atom stereocenters. The van der Waals surface area contributed by atoms with Crippen molar-refractivity contribution >= 4 is 0 Å². The van der Waals surface area contributed by atoms with Crippen LogP contribution in [0.1, 0.15) is 29.5 Å². The van der Waals surface area contributed by atoms with Crippen LogP contribution >= 0.6 is 0 Å². The van der Waals surface area contributed by atoms with Gasteiger partial charge in [-0.15, -0.1) is 0 Å². The predicted octanol–water partition coefficient (Wildman–Crippen LogP) is 1.65. The maximum atomic E-state index is 3.49. The van der Waals surface area contributed by atoms with E-state index in [1.807, 2.05) is 0 Å². The van der Waals surface area contributed by atoms with Crippen molar-refractivity contribution in [2.75, 3.05) is 39.3 Å². The summed E-state index contributed by atoms with van der Waals surface area (Å²) in [6.07, 6.45) is 5.28. The molecule has 3 aliphatic rings. The van der Waals surface area contributed by atoms with Crippen LogP contribution in [0.5, 0.6) is 0 Å². The van der Waals surface area contributed by atoms with Crippen LogP contribution in [0.15, 0.2) is 18.2 Å². The Balaban J connectivity index is 1.32. The summed E-state index contributed by atoms with van der Waals surface area (Å²) < 4.78 is 0. The Morgan fingerprint density at radius 3 is 2.71 bits per heavy atom. The summed E-state index contributed by atoms with van der Waals surface area (Å²) in [6.45, 7) is 8.50. The first-order chi connectivity index (χ1) is 10.4. The van der Waals surface area contributed by atoms with Crippen molar-refractivity contribution in [2.45, 2.75) is 38.3 Å². The quantitative estimate of drug-likeness (QED) is 0.911. The third-order valence-corrected chi connectivity index (χ3v) is 5.53. The molecule has 1 N–H and O–H groups in total. The van der Waals surface area contributed by atoms with E-state index in [1.165, 1.54) is 70.5 Å². The van der Waals surface area contributed by atoms with Gasteiger partial charge in [0.05, 0.1) is 0 Å². The van der Waals surface area contributed by atoms with Crippen LogP contribution < -0.4 is 5.32 Å². The Labute approximate surface area is 128 Å². The molecule has 114 valence electrons. The topological polar surface area (TPSA) is 18.5 Å². The van der Waals surface area contributed by atoms with Gasteiger partial charge in [-0.05, 0) is 48.9 Å². The van der Waals surface area contributed by atoms with Crippen molar-refractivity contribution in [3.63, 3.8) is 0 Å². The molecule has 0 spiro atoms. The first kappa shape index (κ1) is 13.7. The van der Waals surface area contributed by atoms with Crippen molar-refractivity contribution in [1.82, 2.24) is 15.1 Å². The standard InChI is InChI=1S/C18H27N3/c1-2-16-5-4-15(12-17(16)3-1)14-20-8-10-21(11-9-20)18-6-7-19-13-18/h4-5,12,18-19H,1-3,6-11,13-14H2. The summed E-state index contributed by atoms with van der Waals surface area (Å²) in [5, 5.41) is 3.49. The van der Waals surface area contributed by atoms with Crippen molar-refractivity contribution in [1.29, 1.82) is 0 Å². The SMILES string of the molecule is c1cc2c(cc1CN1CCN(C3CCNC3)CC1)CCC2. The van der Waals surface area contributed by atoms with Gasteiger partial charge >= 0.3 is 0 Å². The first-order valence-corrected chi connectivity index (χ1v) is 8.66. The lowest BCUT2D eigenvalue weighted by Gasteiger charge is -2.37. The number of piperazine rings is 1. The van der Waals surface area contributed by atoms with Gasteiger partial charge in [0.15, 0.2) is 0 Å². The van der Waals surface area contributed by atoms with E-state index in [4.69, 9.17) is 0 Å². The molecule has 2 saturated heterocycles. The highest BCUT2D eigenvalue weighted by Gasteiger charge is 2.26. The summed E-state index contributed by atoms with van der Waals surface area (Å²) in [7, 11) is 0.